The van der Waals surface area contributed by atoms with E-state index in [-0.39, 0.29) is 6.29 Å². The molecule has 10 heavy (non-hydrogen) atoms. The summed E-state index contributed by atoms with van der Waals surface area (Å²) in [6.45, 7) is 2.12. The van der Waals surface area contributed by atoms with Crippen molar-refractivity contribution in [1.82, 2.24) is 0 Å². The summed E-state index contributed by atoms with van der Waals surface area (Å²) in [5, 5.41) is 0. The van der Waals surface area contributed by atoms with Crippen molar-refractivity contribution in [2.24, 2.45) is 5.92 Å². The summed E-state index contributed by atoms with van der Waals surface area (Å²) >= 11 is 0. The summed E-state index contributed by atoms with van der Waals surface area (Å²) in [5.74, 6) is 0.481. The fourth-order valence-corrected chi connectivity index (χ4v) is 1.32. The molecule has 1 aliphatic rings. The minimum atomic E-state index is -0.0382. The lowest BCUT2D eigenvalue weighted by Gasteiger charge is -2.29. The number of ether oxygens (including phenoxy) is 2. The molecule has 0 N–H and O–H groups in total. The average Bonchev–Trinajstić information content (AvgIpc) is 1.87. The summed E-state index contributed by atoms with van der Waals surface area (Å²) in [7, 11) is 3.35. The van der Waals surface area contributed by atoms with E-state index in [0.717, 1.165) is 6.42 Å². The number of allylic oxidation sites excluding steroid dienone is 1. The second-order valence-electron chi connectivity index (χ2n) is 2.72. The topological polar surface area (TPSA) is 18.5 Å². The van der Waals surface area contributed by atoms with Crippen LogP contribution in [0.25, 0.3) is 0 Å². The van der Waals surface area contributed by atoms with Crippen LogP contribution >= 0.6 is 0 Å². The minimum Gasteiger partial charge on any atom is -0.355 e. The maximum atomic E-state index is 5.08. The molecule has 0 heterocycles. The van der Waals surface area contributed by atoms with Gasteiger partial charge in [-0.2, -0.15) is 0 Å². The Kier molecular flexibility index (Phi) is 2.46. The SMILES string of the molecule is COC(OC)C1C=C(C)C1. The lowest BCUT2D eigenvalue weighted by atomic mass is 9.87. The molecule has 58 valence electrons. The van der Waals surface area contributed by atoms with Crippen LogP contribution in [0.4, 0.5) is 0 Å². The van der Waals surface area contributed by atoms with E-state index in [4.69, 9.17) is 9.47 Å². The van der Waals surface area contributed by atoms with Crippen molar-refractivity contribution in [3.63, 3.8) is 0 Å². The first-order valence-electron chi connectivity index (χ1n) is 3.51. The van der Waals surface area contributed by atoms with Gasteiger partial charge >= 0.3 is 0 Å². The van der Waals surface area contributed by atoms with Crippen molar-refractivity contribution in [2.75, 3.05) is 14.2 Å². The minimum absolute atomic E-state index is 0.0382. The van der Waals surface area contributed by atoms with E-state index in [9.17, 15) is 0 Å². The molecule has 0 aromatic carbocycles. The van der Waals surface area contributed by atoms with Gasteiger partial charge in [-0.15, -0.1) is 0 Å². The third-order valence-electron chi connectivity index (χ3n) is 1.87. The van der Waals surface area contributed by atoms with Gasteiger partial charge in [-0.3, -0.25) is 0 Å². The molecule has 0 bridgehead atoms. The lowest BCUT2D eigenvalue weighted by molar-refractivity contribution is -0.129. The molecule has 1 unspecified atom stereocenters. The zero-order valence-electron chi connectivity index (χ0n) is 6.76. The molecule has 1 atom stereocenters. The van der Waals surface area contributed by atoms with E-state index in [1.54, 1.807) is 14.2 Å². The van der Waals surface area contributed by atoms with Crippen LogP contribution in [0.3, 0.4) is 0 Å². The molecule has 0 radical (unpaired) electrons. The van der Waals surface area contributed by atoms with Crippen LogP contribution < -0.4 is 0 Å². The molecule has 1 rings (SSSR count). The van der Waals surface area contributed by atoms with Crippen LogP contribution in [-0.4, -0.2) is 20.5 Å². The normalized spacial score (nSPS) is 24.4. The maximum absolute atomic E-state index is 5.08. The zero-order chi connectivity index (χ0) is 7.56. The average molecular weight is 142 g/mol. The van der Waals surface area contributed by atoms with E-state index in [2.05, 4.69) is 13.0 Å². The van der Waals surface area contributed by atoms with Crippen LogP contribution in [0.15, 0.2) is 11.6 Å². The first-order valence-corrected chi connectivity index (χ1v) is 3.51. The van der Waals surface area contributed by atoms with Crippen LogP contribution in [0.5, 0.6) is 0 Å². The van der Waals surface area contributed by atoms with E-state index in [0.29, 0.717) is 5.92 Å². The van der Waals surface area contributed by atoms with Crippen molar-refractivity contribution in [2.45, 2.75) is 19.6 Å². The Morgan fingerprint density at radius 1 is 1.50 bits per heavy atom. The Balaban J connectivity index is 2.35. The first-order chi connectivity index (χ1) is 4.77. The zero-order valence-corrected chi connectivity index (χ0v) is 6.76. The fourth-order valence-electron chi connectivity index (χ4n) is 1.32. The van der Waals surface area contributed by atoms with Gasteiger partial charge in [0, 0.05) is 20.1 Å². The van der Waals surface area contributed by atoms with E-state index in [1.165, 1.54) is 5.57 Å². The Hall–Kier alpha value is -0.340. The van der Waals surface area contributed by atoms with Gasteiger partial charge in [0.15, 0.2) is 6.29 Å². The number of hydrogen-bond donors (Lipinski definition) is 0. The van der Waals surface area contributed by atoms with Crippen molar-refractivity contribution in [1.29, 1.82) is 0 Å². The standard InChI is InChI=1S/C8H14O2/c1-6-4-7(5-6)8(9-2)10-3/h4,7-8H,5H2,1-3H3. The largest absolute Gasteiger partial charge is 0.355 e. The number of methoxy groups -OCH3 is 2. The molecular weight excluding hydrogens is 128 g/mol. The van der Waals surface area contributed by atoms with Crippen LogP contribution in [0, 0.1) is 5.92 Å². The summed E-state index contributed by atoms with van der Waals surface area (Å²) in [6, 6.07) is 0. The Morgan fingerprint density at radius 3 is 2.30 bits per heavy atom. The number of rotatable bonds is 3. The smallest absolute Gasteiger partial charge is 0.163 e. The molecule has 2 heteroatoms. The molecule has 0 saturated heterocycles. The molecular formula is C8H14O2. The molecule has 2 nitrogen and oxygen atoms in total. The van der Waals surface area contributed by atoms with Crippen molar-refractivity contribution in [3.8, 4) is 0 Å². The van der Waals surface area contributed by atoms with E-state index < -0.39 is 0 Å². The second-order valence-corrected chi connectivity index (χ2v) is 2.72. The van der Waals surface area contributed by atoms with Gasteiger partial charge in [-0.25, -0.2) is 0 Å². The summed E-state index contributed by atoms with van der Waals surface area (Å²) in [6.07, 6.45) is 3.27. The van der Waals surface area contributed by atoms with Gasteiger partial charge in [-0.1, -0.05) is 11.6 Å². The highest BCUT2D eigenvalue weighted by molar-refractivity contribution is 5.14. The van der Waals surface area contributed by atoms with Crippen molar-refractivity contribution >= 4 is 0 Å². The predicted molar refractivity (Wildman–Crippen MR) is 39.7 cm³/mol. The van der Waals surface area contributed by atoms with Gasteiger partial charge in [0.25, 0.3) is 0 Å². The first kappa shape index (κ1) is 7.76. The molecule has 0 saturated carbocycles. The van der Waals surface area contributed by atoms with Gasteiger partial charge < -0.3 is 9.47 Å². The molecule has 0 spiro atoms. The van der Waals surface area contributed by atoms with Crippen LogP contribution in [-0.2, 0) is 9.47 Å². The van der Waals surface area contributed by atoms with Crippen LogP contribution in [0.2, 0.25) is 0 Å². The highest BCUT2D eigenvalue weighted by Gasteiger charge is 2.24. The molecule has 0 aliphatic heterocycles. The highest BCUT2D eigenvalue weighted by Crippen LogP contribution is 2.29. The summed E-state index contributed by atoms with van der Waals surface area (Å²) in [4.78, 5) is 0. The highest BCUT2D eigenvalue weighted by atomic mass is 16.7. The van der Waals surface area contributed by atoms with Gasteiger partial charge in [0.2, 0.25) is 0 Å². The quantitative estimate of drug-likeness (QED) is 0.440. The van der Waals surface area contributed by atoms with Gasteiger partial charge in [-0.05, 0) is 13.3 Å². The number of hydrogen-bond acceptors (Lipinski definition) is 2. The molecule has 0 aromatic rings. The fraction of sp³-hybridized carbons (Fsp3) is 0.750. The third kappa shape index (κ3) is 1.39. The lowest BCUT2D eigenvalue weighted by Crippen LogP contribution is -2.27. The van der Waals surface area contributed by atoms with Crippen LogP contribution in [0.1, 0.15) is 13.3 Å². The molecule has 1 aliphatic carbocycles. The van der Waals surface area contributed by atoms with Crippen molar-refractivity contribution < 1.29 is 9.47 Å². The summed E-state index contributed by atoms with van der Waals surface area (Å²) < 4.78 is 10.2. The molecule has 0 amide bonds. The maximum Gasteiger partial charge on any atom is 0.163 e. The van der Waals surface area contributed by atoms with E-state index >= 15 is 0 Å². The molecule has 0 aromatic heterocycles. The molecule has 0 fully saturated rings. The van der Waals surface area contributed by atoms with E-state index in [1.807, 2.05) is 0 Å². The predicted octanol–water partition coefficient (Wildman–Crippen LogP) is 1.57. The van der Waals surface area contributed by atoms with Gasteiger partial charge in [0.1, 0.15) is 0 Å². The third-order valence-corrected chi connectivity index (χ3v) is 1.87. The Morgan fingerprint density at radius 2 is 2.00 bits per heavy atom. The van der Waals surface area contributed by atoms with Gasteiger partial charge in [0.05, 0.1) is 0 Å². The summed E-state index contributed by atoms with van der Waals surface area (Å²) in [5.41, 5.74) is 1.43. The van der Waals surface area contributed by atoms with Crippen molar-refractivity contribution in [3.05, 3.63) is 11.6 Å². The second kappa shape index (κ2) is 3.17. The monoisotopic (exact) mass is 142 g/mol. The Labute approximate surface area is 61.8 Å². The Bertz CT molecular complexity index is 136.